The first kappa shape index (κ1) is 18.0. The molecule has 0 N–H and O–H groups in total. The first-order valence-electron chi connectivity index (χ1n) is 7.22. The molecule has 2 nitrogen and oxygen atoms in total. The van der Waals surface area contributed by atoms with E-state index in [1.807, 2.05) is 11.4 Å². The molecular formula is C14H31O2PSSi. The Bertz CT molecular complexity index is 281. The number of hydrogen-bond acceptors (Lipinski definition) is 3. The summed E-state index contributed by atoms with van der Waals surface area (Å²) < 4.78 is 12.5. The molecule has 0 spiro atoms. The molecule has 1 unspecified atom stereocenters. The Morgan fingerprint density at radius 3 is 2.53 bits per heavy atom. The molecule has 0 saturated carbocycles. The van der Waals surface area contributed by atoms with Gasteiger partial charge in [-0.2, -0.15) is 0 Å². The fourth-order valence-electron chi connectivity index (χ4n) is 1.99. The molecule has 0 aromatic rings. The molecule has 1 aliphatic heterocycles. The molecule has 0 aliphatic carbocycles. The van der Waals surface area contributed by atoms with Gasteiger partial charge >= 0.3 is 0 Å². The second-order valence-electron chi connectivity index (χ2n) is 6.94. The van der Waals surface area contributed by atoms with Gasteiger partial charge in [0.25, 0.3) is 0 Å². The van der Waals surface area contributed by atoms with Gasteiger partial charge in [0.05, 0.1) is 12.2 Å². The standard InChI is InChI=1S/C14H31O2PSSi/c1-14(2,3)19(6,7)16-13-8-10-15-12(13)9-11-17(4)18-5/h12-13H,8-11H2,1-7H3/t12-,13?,17-/m1/s1. The van der Waals surface area contributed by atoms with Crippen LogP contribution in [0.4, 0.5) is 0 Å². The second kappa shape index (κ2) is 7.26. The average Bonchev–Trinajstić information content (AvgIpc) is 2.71. The van der Waals surface area contributed by atoms with E-state index < -0.39 is 8.32 Å². The van der Waals surface area contributed by atoms with Crippen molar-refractivity contribution in [3.05, 3.63) is 0 Å². The van der Waals surface area contributed by atoms with E-state index in [1.54, 1.807) is 0 Å². The zero-order valence-electron chi connectivity index (χ0n) is 13.7. The second-order valence-corrected chi connectivity index (χ2v) is 16.7. The molecule has 1 saturated heterocycles. The van der Waals surface area contributed by atoms with Crippen LogP contribution in [0.25, 0.3) is 0 Å². The van der Waals surface area contributed by atoms with Crippen molar-refractivity contribution in [2.75, 3.05) is 25.7 Å². The van der Waals surface area contributed by atoms with Crippen LogP contribution >= 0.6 is 18.5 Å². The lowest BCUT2D eigenvalue weighted by molar-refractivity contribution is 0.0460. The molecule has 3 atom stereocenters. The van der Waals surface area contributed by atoms with Gasteiger partial charge in [-0.25, -0.2) is 0 Å². The van der Waals surface area contributed by atoms with Crippen LogP contribution in [0.15, 0.2) is 0 Å². The predicted octanol–water partition coefficient (Wildman–Crippen LogP) is 4.95. The van der Waals surface area contributed by atoms with Crippen LogP contribution in [0.3, 0.4) is 0 Å². The lowest BCUT2D eigenvalue weighted by atomic mass is 10.1. The minimum atomic E-state index is -1.66. The SMILES string of the molecule is CS[P@](C)CC[C@H]1OCCC1O[Si](C)(C)C(C)(C)C. The fourth-order valence-corrected chi connectivity index (χ4v) is 5.03. The molecule has 0 amide bonds. The van der Waals surface area contributed by atoms with E-state index >= 15 is 0 Å². The van der Waals surface area contributed by atoms with E-state index in [1.165, 1.54) is 12.6 Å². The van der Waals surface area contributed by atoms with Crippen LogP contribution in [0.5, 0.6) is 0 Å². The Labute approximate surface area is 126 Å². The summed E-state index contributed by atoms with van der Waals surface area (Å²) in [5.74, 6) is 0. The van der Waals surface area contributed by atoms with Gasteiger partial charge < -0.3 is 9.16 Å². The van der Waals surface area contributed by atoms with Gasteiger partial charge in [0.2, 0.25) is 0 Å². The quantitative estimate of drug-likeness (QED) is 0.509. The van der Waals surface area contributed by atoms with E-state index in [-0.39, 0.29) is 12.2 Å². The molecule has 1 fully saturated rings. The largest absolute Gasteiger partial charge is 0.411 e. The highest BCUT2D eigenvalue weighted by Gasteiger charge is 2.42. The van der Waals surface area contributed by atoms with E-state index in [2.05, 4.69) is 46.8 Å². The maximum atomic E-state index is 6.56. The molecule has 1 heterocycles. The molecule has 1 rings (SSSR count). The lowest BCUT2D eigenvalue weighted by Gasteiger charge is -2.39. The van der Waals surface area contributed by atoms with E-state index in [4.69, 9.17) is 9.16 Å². The van der Waals surface area contributed by atoms with E-state index in [0.29, 0.717) is 12.2 Å². The van der Waals surface area contributed by atoms with Crippen LogP contribution in [0.2, 0.25) is 18.1 Å². The summed E-state index contributed by atoms with van der Waals surface area (Å²) in [6, 6.07) is 0. The third-order valence-electron chi connectivity index (χ3n) is 4.44. The van der Waals surface area contributed by atoms with Gasteiger partial charge in [-0.3, -0.25) is 0 Å². The lowest BCUT2D eigenvalue weighted by Crippen LogP contribution is -2.46. The Balaban J connectivity index is 2.53. The average molecular weight is 323 g/mol. The zero-order valence-corrected chi connectivity index (χ0v) is 16.4. The topological polar surface area (TPSA) is 18.5 Å². The normalized spacial score (nSPS) is 26.7. The highest BCUT2D eigenvalue weighted by atomic mass is 32.7. The summed E-state index contributed by atoms with van der Waals surface area (Å²) in [6.07, 6.45) is 6.43. The smallest absolute Gasteiger partial charge is 0.192 e. The molecule has 0 aromatic heterocycles. The molecule has 114 valence electrons. The van der Waals surface area contributed by atoms with E-state index in [0.717, 1.165) is 13.0 Å². The fraction of sp³-hybridized carbons (Fsp3) is 1.00. The van der Waals surface area contributed by atoms with Crippen molar-refractivity contribution in [2.24, 2.45) is 0 Å². The summed E-state index contributed by atoms with van der Waals surface area (Å²) in [4.78, 5) is 0. The molecule has 1 aliphatic rings. The number of rotatable bonds is 6. The van der Waals surface area contributed by atoms with Crippen molar-refractivity contribution in [1.29, 1.82) is 0 Å². The van der Waals surface area contributed by atoms with Gasteiger partial charge in [0, 0.05) is 6.61 Å². The van der Waals surface area contributed by atoms with Crippen LogP contribution in [0, 0.1) is 0 Å². The van der Waals surface area contributed by atoms with Crippen LogP contribution < -0.4 is 0 Å². The number of ether oxygens (including phenoxy) is 1. The van der Waals surface area contributed by atoms with Crippen molar-refractivity contribution in [2.45, 2.75) is 64.0 Å². The number of hydrogen-bond donors (Lipinski definition) is 0. The Morgan fingerprint density at radius 2 is 2.00 bits per heavy atom. The third kappa shape index (κ3) is 5.31. The van der Waals surface area contributed by atoms with Crippen LogP contribution in [-0.4, -0.2) is 46.2 Å². The molecule has 5 heteroatoms. The van der Waals surface area contributed by atoms with Crippen molar-refractivity contribution < 1.29 is 9.16 Å². The molecule has 0 radical (unpaired) electrons. The van der Waals surface area contributed by atoms with Gasteiger partial charge in [0.15, 0.2) is 8.32 Å². The first-order chi connectivity index (χ1) is 8.67. The first-order valence-corrected chi connectivity index (χ1v) is 13.9. The van der Waals surface area contributed by atoms with Gasteiger partial charge in [-0.15, -0.1) is 11.4 Å². The highest BCUT2D eigenvalue weighted by Crippen LogP contribution is 2.45. The summed E-state index contributed by atoms with van der Waals surface area (Å²) in [5, 5.41) is 0.288. The van der Waals surface area contributed by atoms with Crippen molar-refractivity contribution in [1.82, 2.24) is 0 Å². The Kier molecular flexibility index (Phi) is 6.87. The van der Waals surface area contributed by atoms with Gasteiger partial charge in [-0.05, 0) is 50.1 Å². The van der Waals surface area contributed by atoms with Crippen LogP contribution in [-0.2, 0) is 9.16 Å². The van der Waals surface area contributed by atoms with Crippen molar-refractivity contribution in [3.8, 4) is 0 Å². The van der Waals surface area contributed by atoms with E-state index in [9.17, 15) is 0 Å². The zero-order chi connectivity index (χ0) is 14.7. The molecule has 19 heavy (non-hydrogen) atoms. The van der Waals surface area contributed by atoms with Crippen molar-refractivity contribution in [3.63, 3.8) is 0 Å². The third-order valence-corrected chi connectivity index (χ3v) is 12.9. The van der Waals surface area contributed by atoms with Crippen LogP contribution in [0.1, 0.15) is 33.6 Å². The maximum Gasteiger partial charge on any atom is 0.192 e. The monoisotopic (exact) mass is 322 g/mol. The molecule has 0 aromatic carbocycles. The van der Waals surface area contributed by atoms with Crippen molar-refractivity contribution >= 4 is 26.8 Å². The minimum absolute atomic E-state index is 0.123. The summed E-state index contributed by atoms with van der Waals surface area (Å²) in [7, 11) is -1.53. The molecular weight excluding hydrogens is 291 g/mol. The summed E-state index contributed by atoms with van der Waals surface area (Å²) >= 11 is 2.00. The maximum absolute atomic E-state index is 6.56. The van der Waals surface area contributed by atoms with Gasteiger partial charge in [-0.1, -0.05) is 27.9 Å². The highest BCUT2D eigenvalue weighted by molar-refractivity contribution is 8.55. The summed E-state index contributed by atoms with van der Waals surface area (Å²) in [5.41, 5.74) is 0. The Hall–Kier alpha value is 0.917. The molecule has 0 bridgehead atoms. The van der Waals surface area contributed by atoms with Gasteiger partial charge in [0.1, 0.15) is 0 Å². The Morgan fingerprint density at radius 1 is 1.37 bits per heavy atom. The summed E-state index contributed by atoms with van der Waals surface area (Å²) in [6.45, 7) is 14.9. The predicted molar refractivity (Wildman–Crippen MR) is 92.3 cm³/mol. The minimum Gasteiger partial charge on any atom is -0.411 e.